The number of phenols is 1. The van der Waals surface area contributed by atoms with E-state index in [9.17, 15) is 10.1 Å². The number of aromatic hydroxyl groups is 1. The molecule has 0 unspecified atom stereocenters. The monoisotopic (exact) mass is 141 g/mol. The third-order valence-corrected chi connectivity index (χ3v) is 1.06. The van der Waals surface area contributed by atoms with Gasteiger partial charge < -0.3 is 5.11 Å². The zero-order chi connectivity index (χ0) is 7.56. The van der Waals surface area contributed by atoms with Gasteiger partial charge in [-0.3, -0.25) is 10.1 Å². The van der Waals surface area contributed by atoms with Gasteiger partial charge in [-0.1, -0.05) is 0 Å². The van der Waals surface area contributed by atoms with Crippen molar-refractivity contribution in [3.05, 3.63) is 34.4 Å². The van der Waals surface area contributed by atoms with Crippen LogP contribution in [0.5, 0.6) is 5.75 Å². The molecule has 1 aromatic rings. The highest BCUT2D eigenvalue weighted by Gasteiger charge is 2.01. The van der Waals surface area contributed by atoms with Gasteiger partial charge >= 0.3 is 0 Å². The van der Waals surface area contributed by atoms with E-state index in [0.29, 0.717) is 0 Å². The van der Waals surface area contributed by atoms with E-state index in [1.165, 1.54) is 24.3 Å². The number of hydrogen-bond donors (Lipinski definition) is 1. The lowest BCUT2D eigenvalue weighted by atomic mass is 10.3. The molecule has 0 saturated carbocycles. The molecular formula is C6H5NO3. The van der Waals surface area contributed by atoms with Gasteiger partial charge in [0.1, 0.15) is 5.75 Å². The van der Waals surface area contributed by atoms with Crippen molar-refractivity contribution in [3.63, 3.8) is 0 Å². The standard InChI is InChI=1S/C6H5NO3/c8-6-3-1-5(2-4-6)7(9)10/h1-4,8H/i9+2. The fourth-order valence-electron chi connectivity index (χ4n) is 0.574. The van der Waals surface area contributed by atoms with Crippen LogP contribution in [-0.4, -0.2) is 10.0 Å². The fourth-order valence-corrected chi connectivity index (χ4v) is 0.574. The number of non-ortho nitro benzene ring substituents is 1. The molecule has 0 aliphatic rings. The van der Waals surface area contributed by atoms with Crippen LogP contribution in [0.3, 0.4) is 0 Å². The predicted octanol–water partition coefficient (Wildman–Crippen LogP) is 1.30. The van der Waals surface area contributed by atoms with E-state index >= 15 is 0 Å². The van der Waals surface area contributed by atoms with E-state index in [1.807, 2.05) is 0 Å². The highest BCUT2D eigenvalue weighted by molar-refractivity contribution is 5.34. The summed E-state index contributed by atoms with van der Waals surface area (Å²) in [5.74, 6) is 0.0330. The van der Waals surface area contributed by atoms with Gasteiger partial charge in [0, 0.05) is 12.1 Å². The predicted molar refractivity (Wildman–Crippen MR) is 34.8 cm³/mol. The van der Waals surface area contributed by atoms with E-state index in [-0.39, 0.29) is 11.4 Å². The Balaban J connectivity index is 3.00. The van der Waals surface area contributed by atoms with Crippen LogP contribution in [0.2, 0.25) is 0 Å². The maximum absolute atomic E-state index is 10.0. The minimum Gasteiger partial charge on any atom is -0.508 e. The van der Waals surface area contributed by atoms with Crippen LogP contribution in [0.1, 0.15) is 0 Å². The summed E-state index contributed by atoms with van der Waals surface area (Å²) in [7, 11) is 0. The Morgan fingerprint density at radius 2 is 1.80 bits per heavy atom. The number of rotatable bonds is 1. The van der Waals surface area contributed by atoms with Crippen LogP contribution < -0.4 is 0 Å². The van der Waals surface area contributed by atoms with Gasteiger partial charge in [0.25, 0.3) is 5.69 Å². The summed E-state index contributed by atoms with van der Waals surface area (Å²) >= 11 is 0. The molecule has 0 radical (unpaired) electrons. The molecule has 1 N–H and O–H groups in total. The van der Waals surface area contributed by atoms with Crippen LogP contribution in [0, 0.1) is 10.1 Å². The lowest BCUT2D eigenvalue weighted by Gasteiger charge is -1.89. The van der Waals surface area contributed by atoms with Crippen molar-refractivity contribution >= 4 is 5.69 Å². The van der Waals surface area contributed by atoms with Crippen molar-refractivity contribution in [2.75, 3.05) is 0 Å². The van der Waals surface area contributed by atoms with Crippen molar-refractivity contribution in [1.29, 1.82) is 0 Å². The highest BCUT2D eigenvalue weighted by atomic mass is 18.1. The van der Waals surface area contributed by atoms with Gasteiger partial charge in [-0.2, -0.15) is 0 Å². The Bertz CT molecular complexity index is 242. The minimum absolute atomic E-state index is 0.0159. The molecule has 52 valence electrons. The lowest BCUT2D eigenvalue weighted by Crippen LogP contribution is -1.85. The van der Waals surface area contributed by atoms with Gasteiger partial charge in [0.15, 0.2) is 0 Å². The average molecular weight is 141 g/mol. The van der Waals surface area contributed by atoms with Crippen molar-refractivity contribution in [3.8, 4) is 5.75 Å². The lowest BCUT2D eigenvalue weighted by molar-refractivity contribution is -0.384. The summed E-state index contributed by atoms with van der Waals surface area (Å²) in [6.45, 7) is 0. The maximum atomic E-state index is 10.0. The Morgan fingerprint density at radius 1 is 1.30 bits per heavy atom. The molecule has 0 aliphatic heterocycles. The molecule has 10 heavy (non-hydrogen) atoms. The van der Waals surface area contributed by atoms with Crippen molar-refractivity contribution < 1.29 is 10.0 Å². The molecule has 4 heteroatoms. The molecule has 1 rings (SSSR count). The van der Waals surface area contributed by atoms with E-state index in [0.717, 1.165) is 0 Å². The first-order valence-corrected chi connectivity index (χ1v) is 2.63. The Labute approximate surface area is 56.9 Å². The summed E-state index contributed by atoms with van der Waals surface area (Å²) in [5.41, 5.74) is -0.0159. The maximum Gasteiger partial charge on any atom is 0.269 e. The van der Waals surface area contributed by atoms with E-state index in [4.69, 9.17) is 5.11 Å². The van der Waals surface area contributed by atoms with Gasteiger partial charge in [-0.15, -0.1) is 0 Å². The third-order valence-electron chi connectivity index (χ3n) is 1.06. The number of benzene rings is 1. The van der Waals surface area contributed by atoms with Crippen LogP contribution in [0.4, 0.5) is 5.69 Å². The Hall–Kier alpha value is -1.58. The third kappa shape index (κ3) is 1.22. The number of nitro benzene ring substituents is 1. The molecule has 0 aromatic heterocycles. The van der Waals surface area contributed by atoms with Gasteiger partial charge in [-0.05, 0) is 12.1 Å². The van der Waals surface area contributed by atoms with Gasteiger partial charge in [0.05, 0.1) is 4.92 Å². The van der Waals surface area contributed by atoms with Gasteiger partial charge in [0.2, 0.25) is 0 Å². The molecule has 0 saturated heterocycles. The number of hydrogen-bond acceptors (Lipinski definition) is 3. The zero-order valence-corrected chi connectivity index (χ0v) is 5.02. The Morgan fingerprint density at radius 3 is 2.20 bits per heavy atom. The molecule has 0 atom stereocenters. The molecular weight excluding hydrogens is 136 g/mol. The molecule has 0 aliphatic carbocycles. The molecule has 0 bridgehead atoms. The summed E-state index contributed by atoms with van der Waals surface area (Å²) in [5, 5.41) is 18.8. The highest BCUT2D eigenvalue weighted by Crippen LogP contribution is 2.14. The molecule has 0 heterocycles. The summed E-state index contributed by atoms with van der Waals surface area (Å²) in [4.78, 5) is 9.52. The summed E-state index contributed by atoms with van der Waals surface area (Å²) < 4.78 is 0. The number of phenolic OH excluding ortho intramolecular Hbond substituents is 1. The number of nitrogens with zero attached hydrogens (tertiary/aromatic N) is 1. The average Bonchev–Trinajstić information content (AvgIpc) is 1.88. The van der Waals surface area contributed by atoms with Crippen molar-refractivity contribution in [2.45, 2.75) is 0 Å². The van der Waals surface area contributed by atoms with E-state index in [1.54, 1.807) is 0 Å². The summed E-state index contributed by atoms with van der Waals surface area (Å²) in [6.07, 6.45) is 0. The largest absolute Gasteiger partial charge is 0.508 e. The van der Waals surface area contributed by atoms with Crippen molar-refractivity contribution in [2.24, 2.45) is 0 Å². The first kappa shape index (κ1) is 6.54. The molecule has 0 amide bonds. The molecule has 1 aromatic carbocycles. The van der Waals surface area contributed by atoms with Crippen LogP contribution in [0.25, 0.3) is 0 Å². The first-order valence-electron chi connectivity index (χ1n) is 2.63. The smallest absolute Gasteiger partial charge is 0.269 e. The first-order chi connectivity index (χ1) is 4.70. The summed E-state index contributed by atoms with van der Waals surface area (Å²) in [6, 6.07) is 5.04. The molecule has 4 nitrogen and oxygen atoms in total. The minimum atomic E-state index is -0.514. The zero-order valence-electron chi connectivity index (χ0n) is 5.02. The Kier molecular flexibility index (Phi) is 1.53. The SMILES string of the molecule is [O-][N+](=[18O])c1ccc(O)cc1. The molecule has 0 spiro atoms. The fraction of sp³-hybridized carbons (Fsp3) is 0. The van der Waals surface area contributed by atoms with Gasteiger partial charge in [-0.25, -0.2) is 0 Å². The van der Waals surface area contributed by atoms with Crippen LogP contribution in [0.15, 0.2) is 24.3 Å². The second-order valence-electron chi connectivity index (χ2n) is 1.77. The van der Waals surface area contributed by atoms with Crippen LogP contribution in [-0.2, 0) is 0 Å². The van der Waals surface area contributed by atoms with Crippen LogP contribution >= 0.6 is 0 Å². The van der Waals surface area contributed by atoms with Crippen molar-refractivity contribution in [1.82, 2.24) is 0 Å². The van der Waals surface area contributed by atoms with E-state index in [2.05, 4.69) is 0 Å². The second-order valence-corrected chi connectivity index (χ2v) is 1.77. The molecule has 0 fully saturated rings. The quantitative estimate of drug-likeness (QED) is 0.364. The number of nitro groups is 1. The topological polar surface area (TPSA) is 63.4 Å². The normalized spacial score (nSPS) is 9.20. The second kappa shape index (κ2) is 2.34. The van der Waals surface area contributed by atoms with E-state index < -0.39 is 4.92 Å².